The van der Waals surface area contributed by atoms with Crippen molar-refractivity contribution in [2.75, 3.05) is 37.7 Å². The van der Waals surface area contributed by atoms with Gasteiger partial charge in [-0.3, -0.25) is 9.59 Å². The number of rotatable bonds is 7. The van der Waals surface area contributed by atoms with Crippen molar-refractivity contribution in [2.45, 2.75) is 38.6 Å². The van der Waals surface area contributed by atoms with E-state index in [1.165, 1.54) is 23.6 Å². The second-order valence-corrected chi connectivity index (χ2v) is 9.04. The van der Waals surface area contributed by atoms with Gasteiger partial charge in [-0.15, -0.1) is 5.10 Å². The number of piperazine rings is 1. The Labute approximate surface area is 204 Å². The van der Waals surface area contributed by atoms with Gasteiger partial charge in [0.1, 0.15) is 11.8 Å². The van der Waals surface area contributed by atoms with Crippen LogP contribution in [0.4, 0.5) is 5.82 Å². The second-order valence-electron chi connectivity index (χ2n) is 9.04. The van der Waals surface area contributed by atoms with E-state index in [9.17, 15) is 9.59 Å². The van der Waals surface area contributed by atoms with Crippen molar-refractivity contribution in [3.63, 3.8) is 0 Å². The van der Waals surface area contributed by atoms with E-state index in [4.69, 9.17) is 4.74 Å². The average Bonchev–Trinajstić information content (AvgIpc) is 3.75. The maximum absolute atomic E-state index is 13.2. The molecule has 1 unspecified atom stereocenters. The molecule has 35 heavy (non-hydrogen) atoms. The fourth-order valence-corrected chi connectivity index (χ4v) is 4.37. The van der Waals surface area contributed by atoms with Gasteiger partial charge in [-0.25, -0.2) is 4.68 Å². The maximum Gasteiger partial charge on any atom is 0.267 e. The first-order valence-electron chi connectivity index (χ1n) is 12.2. The van der Waals surface area contributed by atoms with E-state index in [-0.39, 0.29) is 11.5 Å². The van der Waals surface area contributed by atoms with E-state index in [2.05, 4.69) is 26.3 Å². The molecule has 2 aliphatic rings. The smallest absolute Gasteiger partial charge is 0.267 e. The number of anilines is 1. The average molecular weight is 475 g/mol. The predicted molar refractivity (Wildman–Crippen MR) is 133 cm³/mol. The quantitative estimate of drug-likeness (QED) is 0.520. The van der Waals surface area contributed by atoms with Crippen LogP contribution in [-0.2, 0) is 4.79 Å². The van der Waals surface area contributed by atoms with Gasteiger partial charge in [0.25, 0.3) is 5.56 Å². The summed E-state index contributed by atoms with van der Waals surface area (Å²) in [5.41, 5.74) is 2.25. The Morgan fingerprint density at radius 1 is 1.00 bits per heavy atom. The minimum Gasteiger partial charge on any atom is -0.494 e. The maximum atomic E-state index is 13.2. The molecular weight excluding hydrogens is 444 g/mol. The molecule has 1 aliphatic heterocycles. The minimum atomic E-state index is -0.700. The van der Waals surface area contributed by atoms with Gasteiger partial charge in [-0.05, 0) is 69.2 Å². The Morgan fingerprint density at radius 3 is 2.37 bits per heavy atom. The standard InChI is InChI=1S/C26H30N6O3/c1-3-35-21-8-6-20(7-9-21)23-11-13-25(33)32(29-23)18(2)26(34)31-16-14-30(15-17-31)24-12-10-22(27-28-24)19-4-5-19/h6-13,18-19H,3-5,14-17H2,1-2H3. The number of aromatic nitrogens is 4. The summed E-state index contributed by atoms with van der Waals surface area (Å²) in [6.45, 7) is 6.72. The van der Waals surface area contributed by atoms with Crippen LogP contribution in [0.3, 0.4) is 0 Å². The summed E-state index contributed by atoms with van der Waals surface area (Å²) >= 11 is 0. The van der Waals surface area contributed by atoms with Crippen molar-refractivity contribution in [3.05, 3.63) is 64.6 Å². The highest BCUT2D eigenvalue weighted by Gasteiger charge is 2.29. The topological polar surface area (TPSA) is 93.5 Å². The monoisotopic (exact) mass is 474 g/mol. The van der Waals surface area contributed by atoms with Crippen LogP contribution in [0.15, 0.2) is 53.3 Å². The van der Waals surface area contributed by atoms with E-state index in [0.717, 1.165) is 22.8 Å². The molecule has 9 heteroatoms. The largest absolute Gasteiger partial charge is 0.494 e. The van der Waals surface area contributed by atoms with Crippen LogP contribution in [0.1, 0.15) is 44.3 Å². The van der Waals surface area contributed by atoms with Crippen molar-refractivity contribution in [1.82, 2.24) is 24.9 Å². The normalized spacial score (nSPS) is 16.7. The van der Waals surface area contributed by atoms with Crippen LogP contribution in [0.2, 0.25) is 0 Å². The summed E-state index contributed by atoms with van der Waals surface area (Å²) in [6.07, 6.45) is 2.40. The molecule has 3 heterocycles. The zero-order valence-electron chi connectivity index (χ0n) is 20.1. The molecule has 1 atom stereocenters. The fraction of sp³-hybridized carbons (Fsp3) is 0.423. The summed E-state index contributed by atoms with van der Waals surface area (Å²) in [4.78, 5) is 29.8. The summed E-state index contributed by atoms with van der Waals surface area (Å²) in [7, 11) is 0. The number of carbonyl (C=O) groups is 1. The molecule has 1 aromatic carbocycles. The molecule has 5 rings (SSSR count). The molecule has 1 aliphatic carbocycles. The van der Waals surface area contributed by atoms with E-state index in [0.29, 0.717) is 44.4 Å². The second kappa shape index (κ2) is 9.85. The first-order chi connectivity index (χ1) is 17.0. The molecule has 3 aromatic rings. The molecule has 2 fully saturated rings. The molecule has 1 amide bonds. The van der Waals surface area contributed by atoms with E-state index in [1.807, 2.05) is 37.3 Å². The highest BCUT2D eigenvalue weighted by Crippen LogP contribution is 2.38. The van der Waals surface area contributed by atoms with Crippen molar-refractivity contribution in [3.8, 4) is 17.0 Å². The van der Waals surface area contributed by atoms with E-state index < -0.39 is 6.04 Å². The molecule has 9 nitrogen and oxygen atoms in total. The lowest BCUT2D eigenvalue weighted by molar-refractivity contribution is -0.135. The molecular formula is C26H30N6O3. The molecule has 0 spiro atoms. The fourth-order valence-electron chi connectivity index (χ4n) is 4.37. The number of ether oxygens (including phenoxy) is 1. The summed E-state index contributed by atoms with van der Waals surface area (Å²) in [5, 5.41) is 13.3. The summed E-state index contributed by atoms with van der Waals surface area (Å²) in [5.74, 6) is 2.09. The first kappa shape index (κ1) is 23.0. The van der Waals surface area contributed by atoms with Crippen LogP contribution < -0.4 is 15.2 Å². The number of amides is 1. The Bertz CT molecular complexity index is 1230. The third-order valence-corrected chi connectivity index (χ3v) is 6.59. The third-order valence-electron chi connectivity index (χ3n) is 6.59. The molecule has 0 N–H and O–H groups in total. The zero-order chi connectivity index (χ0) is 24.4. The molecule has 0 radical (unpaired) electrons. The minimum absolute atomic E-state index is 0.113. The first-order valence-corrected chi connectivity index (χ1v) is 12.2. The number of nitrogens with zero attached hydrogens (tertiary/aromatic N) is 6. The van der Waals surface area contributed by atoms with Gasteiger partial charge in [-0.1, -0.05) is 0 Å². The van der Waals surface area contributed by atoms with Crippen LogP contribution in [0.25, 0.3) is 11.3 Å². The number of hydrogen-bond acceptors (Lipinski definition) is 7. The molecule has 1 saturated heterocycles. The number of carbonyl (C=O) groups excluding carboxylic acids is 1. The van der Waals surface area contributed by atoms with Gasteiger partial charge in [0.05, 0.1) is 18.0 Å². The number of hydrogen-bond donors (Lipinski definition) is 0. The zero-order valence-corrected chi connectivity index (χ0v) is 20.1. The van der Waals surface area contributed by atoms with Gasteiger partial charge in [0, 0.05) is 43.7 Å². The van der Waals surface area contributed by atoms with Gasteiger partial charge in [0.2, 0.25) is 5.91 Å². The predicted octanol–water partition coefficient (Wildman–Crippen LogP) is 2.89. The highest BCUT2D eigenvalue weighted by atomic mass is 16.5. The Hall–Kier alpha value is -3.75. The molecule has 182 valence electrons. The molecule has 1 saturated carbocycles. The van der Waals surface area contributed by atoms with E-state index in [1.54, 1.807) is 17.9 Å². The Kier molecular flexibility index (Phi) is 6.48. The van der Waals surface area contributed by atoms with Gasteiger partial charge >= 0.3 is 0 Å². The van der Waals surface area contributed by atoms with Gasteiger partial charge in [-0.2, -0.15) is 10.2 Å². The van der Waals surface area contributed by atoms with Crippen molar-refractivity contribution >= 4 is 11.7 Å². The van der Waals surface area contributed by atoms with Crippen LogP contribution in [0.5, 0.6) is 5.75 Å². The van der Waals surface area contributed by atoms with Crippen LogP contribution >= 0.6 is 0 Å². The highest BCUT2D eigenvalue weighted by molar-refractivity contribution is 5.80. The summed E-state index contributed by atoms with van der Waals surface area (Å²) in [6, 6.07) is 14.1. The van der Waals surface area contributed by atoms with Crippen molar-refractivity contribution in [2.24, 2.45) is 0 Å². The number of benzene rings is 1. The van der Waals surface area contributed by atoms with Crippen LogP contribution in [-0.4, -0.2) is 63.6 Å². The van der Waals surface area contributed by atoms with Crippen molar-refractivity contribution < 1.29 is 9.53 Å². The van der Waals surface area contributed by atoms with Gasteiger partial charge < -0.3 is 14.5 Å². The lowest BCUT2D eigenvalue weighted by atomic mass is 10.1. The van der Waals surface area contributed by atoms with Crippen LogP contribution in [0, 0.1) is 0 Å². The third kappa shape index (κ3) is 5.03. The molecule has 0 bridgehead atoms. The van der Waals surface area contributed by atoms with Crippen molar-refractivity contribution in [1.29, 1.82) is 0 Å². The lowest BCUT2D eigenvalue weighted by Gasteiger charge is -2.36. The SMILES string of the molecule is CCOc1ccc(-c2ccc(=O)n(C(C)C(=O)N3CCN(c4ccc(C5CC5)nn4)CC3)n2)cc1. The van der Waals surface area contributed by atoms with Gasteiger partial charge in [0.15, 0.2) is 5.82 Å². The Morgan fingerprint density at radius 2 is 1.74 bits per heavy atom. The molecule has 2 aromatic heterocycles. The lowest BCUT2D eigenvalue weighted by Crippen LogP contribution is -2.51. The van der Waals surface area contributed by atoms with E-state index >= 15 is 0 Å². The summed E-state index contributed by atoms with van der Waals surface area (Å²) < 4.78 is 6.77. The Balaban J connectivity index is 1.24.